The van der Waals surface area contributed by atoms with Crippen molar-refractivity contribution in [3.8, 4) is 23.0 Å². The van der Waals surface area contributed by atoms with Crippen LogP contribution in [0.5, 0.6) is 23.0 Å². The molecule has 1 unspecified atom stereocenters. The summed E-state index contributed by atoms with van der Waals surface area (Å²) < 4.78 is 30.9. The lowest BCUT2D eigenvalue weighted by Gasteiger charge is -2.23. The van der Waals surface area contributed by atoms with Crippen LogP contribution in [-0.4, -0.2) is 43.2 Å². The molecule has 0 aliphatic rings. The molecule has 168 valence electrons. The first-order valence-electron chi connectivity index (χ1n) is 10.2. The smallest absolute Gasteiger partial charge is 0.317 e. The van der Waals surface area contributed by atoms with E-state index < -0.39 is 12.1 Å². The van der Waals surface area contributed by atoms with Gasteiger partial charge in [0, 0.05) is 19.0 Å². The van der Waals surface area contributed by atoms with Crippen molar-refractivity contribution in [1.29, 1.82) is 0 Å². The molecule has 0 amide bonds. The van der Waals surface area contributed by atoms with E-state index in [1.165, 1.54) is 12.1 Å². The highest BCUT2D eigenvalue weighted by molar-refractivity contribution is 5.69. The Balaban J connectivity index is 1.77. The highest BCUT2D eigenvalue weighted by Crippen LogP contribution is 2.33. The summed E-state index contributed by atoms with van der Waals surface area (Å²) in [5.41, 5.74) is 0.797. The molecular weight excluding hydrogens is 413 g/mol. The maximum Gasteiger partial charge on any atom is 0.317 e. The highest BCUT2D eigenvalue weighted by Gasteiger charge is 2.16. The van der Waals surface area contributed by atoms with Gasteiger partial charge in [-0.05, 0) is 49.0 Å². The number of carboxylic acid groups (broad SMARTS) is 1. The van der Waals surface area contributed by atoms with Crippen LogP contribution < -0.4 is 14.2 Å². The topological polar surface area (TPSA) is 68.2 Å². The van der Waals surface area contributed by atoms with Crippen LogP contribution in [0.1, 0.15) is 18.1 Å². The van der Waals surface area contributed by atoms with Crippen molar-refractivity contribution in [2.24, 2.45) is 0 Å². The van der Waals surface area contributed by atoms with Gasteiger partial charge in [0.15, 0.2) is 11.5 Å². The minimum Gasteiger partial charge on any atom is -0.493 e. The molecule has 7 heteroatoms. The molecule has 3 aromatic rings. The largest absolute Gasteiger partial charge is 0.493 e. The zero-order valence-electron chi connectivity index (χ0n) is 18.0. The van der Waals surface area contributed by atoms with Crippen molar-refractivity contribution in [2.45, 2.75) is 12.5 Å². The first-order valence-corrected chi connectivity index (χ1v) is 10.2. The van der Waals surface area contributed by atoms with Crippen molar-refractivity contribution in [3.63, 3.8) is 0 Å². The molecule has 0 aliphatic heterocycles. The molecule has 1 N–H and O–H groups in total. The summed E-state index contributed by atoms with van der Waals surface area (Å²) in [5, 5.41) is 8.98. The number of ether oxygens (including phenoxy) is 3. The highest BCUT2D eigenvalue weighted by atomic mass is 19.1. The van der Waals surface area contributed by atoms with Gasteiger partial charge in [-0.15, -0.1) is 0 Å². The Morgan fingerprint density at radius 1 is 1.00 bits per heavy atom. The molecule has 0 heterocycles. The van der Waals surface area contributed by atoms with Crippen LogP contribution in [-0.2, 0) is 4.79 Å². The Bertz CT molecular complexity index is 1020. The van der Waals surface area contributed by atoms with Crippen LogP contribution in [0.25, 0.3) is 0 Å². The van der Waals surface area contributed by atoms with E-state index in [2.05, 4.69) is 0 Å². The van der Waals surface area contributed by atoms with Crippen LogP contribution >= 0.6 is 0 Å². The number of benzene rings is 3. The van der Waals surface area contributed by atoms with Gasteiger partial charge in [-0.25, -0.2) is 4.39 Å². The van der Waals surface area contributed by atoms with Crippen molar-refractivity contribution < 1.29 is 28.5 Å². The molecule has 0 bridgehead atoms. The van der Waals surface area contributed by atoms with Crippen molar-refractivity contribution in [1.82, 2.24) is 4.90 Å². The number of hydrogen-bond acceptors (Lipinski definition) is 5. The maximum atomic E-state index is 13.4. The molecule has 32 heavy (non-hydrogen) atoms. The van der Waals surface area contributed by atoms with E-state index in [4.69, 9.17) is 19.3 Å². The van der Waals surface area contributed by atoms with E-state index in [-0.39, 0.29) is 12.4 Å². The summed E-state index contributed by atoms with van der Waals surface area (Å²) >= 11 is 0. The minimum absolute atomic E-state index is 0.0711. The molecule has 1 atom stereocenters. The number of carboxylic acids is 1. The van der Waals surface area contributed by atoms with Gasteiger partial charge in [0.05, 0.1) is 13.7 Å². The monoisotopic (exact) mass is 439 g/mol. The number of carbonyl (C=O) groups is 1. The Morgan fingerprint density at radius 3 is 2.38 bits per heavy atom. The standard InChI is InChI=1S/C25H26FNO5/c1-27(17-25(28)29)15-14-22(18-10-12-19(26)13-11-18)31-20-6-5-7-21(16-20)32-24-9-4-3-8-23(24)30-2/h3-13,16,22H,14-15,17H2,1-2H3,(H,28,29). The SMILES string of the molecule is COc1ccccc1Oc1cccc(OC(CCN(C)CC(=O)O)c2ccc(F)cc2)c1. The first-order chi connectivity index (χ1) is 15.4. The zero-order valence-corrected chi connectivity index (χ0v) is 18.0. The summed E-state index contributed by atoms with van der Waals surface area (Å²) in [6, 6.07) is 20.7. The molecule has 0 spiro atoms. The minimum atomic E-state index is -0.895. The van der Waals surface area contributed by atoms with Crippen LogP contribution in [0.4, 0.5) is 4.39 Å². The molecule has 0 fully saturated rings. The Hall–Kier alpha value is -3.58. The van der Waals surface area contributed by atoms with Crippen molar-refractivity contribution in [2.75, 3.05) is 27.2 Å². The fourth-order valence-corrected chi connectivity index (χ4v) is 3.22. The van der Waals surface area contributed by atoms with E-state index in [0.717, 1.165) is 5.56 Å². The van der Waals surface area contributed by atoms with Crippen LogP contribution in [0, 0.1) is 5.82 Å². The normalized spacial score (nSPS) is 11.8. The van der Waals surface area contributed by atoms with Crippen molar-refractivity contribution in [3.05, 3.63) is 84.2 Å². The van der Waals surface area contributed by atoms with Gasteiger partial charge in [0.2, 0.25) is 0 Å². The molecule has 0 radical (unpaired) electrons. The van der Waals surface area contributed by atoms with Crippen LogP contribution in [0.15, 0.2) is 72.8 Å². The van der Waals surface area contributed by atoms with Crippen molar-refractivity contribution >= 4 is 5.97 Å². The predicted octanol–water partition coefficient (Wildman–Crippen LogP) is 5.15. The van der Waals surface area contributed by atoms with Gasteiger partial charge in [0.25, 0.3) is 0 Å². The average Bonchev–Trinajstić information content (AvgIpc) is 2.77. The van der Waals surface area contributed by atoms with E-state index in [1.807, 2.05) is 42.5 Å². The fourth-order valence-electron chi connectivity index (χ4n) is 3.22. The summed E-state index contributed by atoms with van der Waals surface area (Å²) in [4.78, 5) is 12.6. The van der Waals surface area contributed by atoms with Gasteiger partial charge in [-0.1, -0.05) is 30.3 Å². The summed E-state index contributed by atoms with van der Waals surface area (Å²) in [6.07, 6.45) is 0.126. The summed E-state index contributed by atoms with van der Waals surface area (Å²) in [7, 11) is 3.31. The number of hydrogen-bond donors (Lipinski definition) is 1. The molecule has 6 nitrogen and oxygen atoms in total. The Kier molecular flexibility index (Phi) is 8.05. The van der Waals surface area contributed by atoms with E-state index >= 15 is 0 Å². The average molecular weight is 439 g/mol. The quantitative estimate of drug-likeness (QED) is 0.446. The summed E-state index contributed by atoms with van der Waals surface area (Å²) in [5.74, 6) is 1.12. The number of aliphatic carboxylic acids is 1. The molecular formula is C25H26FNO5. The number of methoxy groups -OCH3 is 1. The molecule has 0 saturated heterocycles. The third-order valence-electron chi connectivity index (χ3n) is 4.80. The second-order valence-corrected chi connectivity index (χ2v) is 7.31. The van der Waals surface area contributed by atoms with Gasteiger partial charge in [-0.2, -0.15) is 0 Å². The number of halogens is 1. The number of rotatable bonds is 11. The lowest BCUT2D eigenvalue weighted by atomic mass is 10.1. The maximum absolute atomic E-state index is 13.4. The van der Waals surface area contributed by atoms with Crippen LogP contribution in [0.3, 0.4) is 0 Å². The predicted molar refractivity (Wildman–Crippen MR) is 119 cm³/mol. The lowest BCUT2D eigenvalue weighted by molar-refractivity contribution is -0.138. The Labute approximate surface area is 186 Å². The van der Waals surface area contributed by atoms with E-state index in [1.54, 1.807) is 37.3 Å². The third kappa shape index (κ3) is 6.72. The van der Waals surface area contributed by atoms with Gasteiger partial charge in [-0.3, -0.25) is 9.69 Å². The second-order valence-electron chi connectivity index (χ2n) is 7.31. The molecule has 3 aromatic carbocycles. The number of para-hydroxylation sites is 2. The fraction of sp³-hybridized carbons (Fsp3) is 0.240. The Morgan fingerprint density at radius 2 is 1.69 bits per heavy atom. The second kappa shape index (κ2) is 11.2. The van der Waals surface area contributed by atoms with E-state index in [9.17, 15) is 9.18 Å². The molecule has 0 aliphatic carbocycles. The van der Waals surface area contributed by atoms with Gasteiger partial charge >= 0.3 is 5.97 Å². The first kappa shape index (κ1) is 23.1. The number of likely N-dealkylation sites (N-methyl/N-ethyl adjacent to an activating group) is 1. The van der Waals surface area contributed by atoms with E-state index in [0.29, 0.717) is 36.0 Å². The van der Waals surface area contributed by atoms with Gasteiger partial charge in [0.1, 0.15) is 23.4 Å². The number of nitrogens with zero attached hydrogens (tertiary/aromatic N) is 1. The zero-order chi connectivity index (χ0) is 22.9. The lowest BCUT2D eigenvalue weighted by Crippen LogP contribution is -2.28. The van der Waals surface area contributed by atoms with Gasteiger partial charge < -0.3 is 19.3 Å². The van der Waals surface area contributed by atoms with Crippen LogP contribution in [0.2, 0.25) is 0 Å². The summed E-state index contributed by atoms with van der Waals surface area (Å²) in [6.45, 7) is 0.421. The molecule has 3 rings (SSSR count). The molecule has 0 aromatic heterocycles. The molecule has 0 saturated carbocycles. The third-order valence-corrected chi connectivity index (χ3v) is 4.80.